The van der Waals surface area contributed by atoms with Gasteiger partial charge in [0.25, 0.3) is 5.91 Å². The van der Waals surface area contributed by atoms with Crippen molar-refractivity contribution >= 4 is 22.9 Å². The number of nitrogens with zero attached hydrogens (tertiary/aromatic N) is 4. The summed E-state index contributed by atoms with van der Waals surface area (Å²) in [6.45, 7) is 3.81. The van der Waals surface area contributed by atoms with Crippen LogP contribution in [0.25, 0.3) is 11.0 Å². The summed E-state index contributed by atoms with van der Waals surface area (Å²) in [4.78, 5) is 36.8. The smallest absolute Gasteiger partial charge is 0.335 e. The second-order valence-electron chi connectivity index (χ2n) is 10.4. The number of carbonyl (C=O) groups is 2. The van der Waals surface area contributed by atoms with Gasteiger partial charge in [-0.05, 0) is 61.0 Å². The van der Waals surface area contributed by atoms with Crippen molar-refractivity contribution in [1.82, 2.24) is 19.8 Å². The Morgan fingerprint density at radius 1 is 1.12 bits per heavy atom. The first-order chi connectivity index (χ1) is 20.4. The number of rotatable bonds is 8. The molecule has 10 nitrogen and oxygen atoms in total. The van der Waals surface area contributed by atoms with Gasteiger partial charge in [-0.25, -0.2) is 14.2 Å². The van der Waals surface area contributed by atoms with E-state index in [1.54, 1.807) is 47.4 Å². The highest BCUT2D eigenvalue weighted by molar-refractivity contribution is 5.94. The number of nitriles is 1. The van der Waals surface area contributed by atoms with E-state index in [0.29, 0.717) is 61.7 Å². The molecular weight excluding hydrogens is 541 g/mol. The van der Waals surface area contributed by atoms with E-state index in [-0.39, 0.29) is 34.8 Å². The Kier molecular flexibility index (Phi) is 7.56. The molecule has 2 N–H and O–H groups in total. The van der Waals surface area contributed by atoms with Gasteiger partial charge in [-0.3, -0.25) is 9.69 Å². The molecule has 1 aromatic heterocycles. The number of hydrogen-bond acceptors (Lipinski definition) is 7. The van der Waals surface area contributed by atoms with Gasteiger partial charge in [0.1, 0.15) is 11.6 Å². The van der Waals surface area contributed by atoms with Gasteiger partial charge in [0.2, 0.25) is 0 Å². The maximum Gasteiger partial charge on any atom is 0.335 e. The number of benzene rings is 3. The minimum atomic E-state index is -0.987. The molecule has 0 unspecified atom stereocenters. The van der Waals surface area contributed by atoms with Crippen molar-refractivity contribution < 1.29 is 28.6 Å². The first-order valence-electron chi connectivity index (χ1n) is 13.7. The molecule has 2 aliphatic rings. The van der Waals surface area contributed by atoms with Crippen LogP contribution >= 0.6 is 0 Å². The number of aromatic nitrogens is 2. The Balaban J connectivity index is 1.10. The van der Waals surface area contributed by atoms with E-state index in [0.717, 1.165) is 18.3 Å². The summed E-state index contributed by atoms with van der Waals surface area (Å²) in [5, 5.41) is 18.3. The van der Waals surface area contributed by atoms with Crippen LogP contribution in [0.3, 0.4) is 0 Å². The first kappa shape index (κ1) is 27.4. The molecule has 11 heteroatoms. The lowest BCUT2D eigenvalue weighted by Crippen LogP contribution is -2.51. The third-order valence-electron chi connectivity index (χ3n) is 7.77. The Bertz CT molecular complexity index is 1690. The van der Waals surface area contributed by atoms with Crippen molar-refractivity contribution in [2.45, 2.75) is 18.4 Å². The van der Waals surface area contributed by atoms with E-state index in [1.807, 2.05) is 6.07 Å². The van der Waals surface area contributed by atoms with E-state index in [1.165, 1.54) is 12.1 Å². The fourth-order valence-corrected chi connectivity index (χ4v) is 5.36. The van der Waals surface area contributed by atoms with Crippen molar-refractivity contribution in [3.8, 4) is 17.6 Å². The van der Waals surface area contributed by atoms with Gasteiger partial charge in [-0.15, -0.1) is 0 Å². The first-order valence-corrected chi connectivity index (χ1v) is 13.7. The number of imidazole rings is 1. The largest absolute Gasteiger partial charge is 0.478 e. The fourth-order valence-electron chi connectivity index (χ4n) is 5.36. The predicted molar refractivity (Wildman–Crippen MR) is 150 cm³/mol. The van der Waals surface area contributed by atoms with Crippen molar-refractivity contribution in [3.63, 3.8) is 0 Å². The van der Waals surface area contributed by atoms with Crippen LogP contribution in [0.2, 0.25) is 0 Å². The lowest BCUT2D eigenvalue weighted by molar-refractivity contribution is -0.0736. The minimum Gasteiger partial charge on any atom is -0.478 e. The molecule has 2 aliphatic heterocycles. The maximum absolute atomic E-state index is 14.3. The fraction of sp³-hybridized carbons (Fsp3) is 0.290. The van der Waals surface area contributed by atoms with Gasteiger partial charge in [-0.2, -0.15) is 5.26 Å². The van der Waals surface area contributed by atoms with Crippen LogP contribution in [-0.4, -0.2) is 82.2 Å². The average molecular weight is 570 g/mol. The third-order valence-corrected chi connectivity index (χ3v) is 7.77. The van der Waals surface area contributed by atoms with Gasteiger partial charge < -0.3 is 24.5 Å². The summed E-state index contributed by atoms with van der Waals surface area (Å²) >= 11 is 0. The molecule has 0 aliphatic carbocycles. The number of hydrogen-bond donors (Lipinski definition) is 2. The summed E-state index contributed by atoms with van der Waals surface area (Å²) in [6.07, 6.45) is 0.943. The molecule has 0 spiro atoms. The zero-order valence-corrected chi connectivity index (χ0v) is 22.6. The number of ether oxygens (including phenoxy) is 2. The highest BCUT2D eigenvalue weighted by Gasteiger charge is 2.34. The van der Waals surface area contributed by atoms with Crippen LogP contribution < -0.4 is 4.74 Å². The van der Waals surface area contributed by atoms with Gasteiger partial charge in [0.15, 0.2) is 11.6 Å². The number of carbonyl (C=O) groups excluding carboxylic acids is 1. The lowest BCUT2D eigenvalue weighted by Gasteiger charge is -2.39. The van der Waals surface area contributed by atoms with Crippen LogP contribution in [0, 0.1) is 17.1 Å². The number of fused-ring (bicyclic) bond motifs is 1. The molecule has 214 valence electrons. The molecule has 0 saturated carbocycles. The summed E-state index contributed by atoms with van der Waals surface area (Å²) in [5.74, 6) is -0.717. The second kappa shape index (κ2) is 11.6. The quantitative estimate of drug-likeness (QED) is 0.319. The minimum absolute atomic E-state index is 0.0156. The number of aromatic carboxylic acids is 1. The summed E-state index contributed by atoms with van der Waals surface area (Å²) in [7, 11) is 0. The molecule has 42 heavy (non-hydrogen) atoms. The van der Waals surface area contributed by atoms with Crippen molar-refractivity contribution in [3.05, 3.63) is 89.0 Å². The number of piperazine rings is 1. The highest BCUT2D eigenvalue weighted by Crippen LogP contribution is 2.31. The zero-order valence-electron chi connectivity index (χ0n) is 22.6. The maximum atomic E-state index is 14.3. The van der Waals surface area contributed by atoms with Crippen molar-refractivity contribution in [2.24, 2.45) is 0 Å². The van der Waals surface area contributed by atoms with Crippen molar-refractivity contribution in [2.75, 3.05) is 39.3 Å². The standard InChI is InChI=1S/C31H28FN5O5/c32-24-14-19(17-33)4-7-28(24)42-22-3-1-2-20(15-22)30(38)37-11-9-36(10-12-37)18-23(27-8-13-41-27)29-34-25-6-5-21(31(39)40)16-26(25)35-29/h1-7,14-16,23,27H,8-13,18H2,(H,34,35)(H,39,40)/t23-,27-/m1/s1. The topological polar surface area (TPSA) is 132 Å². The number of aromatic amines is 1. The highest BCUT2D eigenvalue weighted by atomic mass is 19.1. The molecule has 2 atom stereocenters. The Labute approximate surface area is 240 Å². The average Bonchev–Trinajstić information content (AvgIpc) is 3.40. The predicted octanol–water partition coefficient (Wildman–Crippen LogP) is 4.39. The monoisotopic (exact) mass is 569 g/mol. The molecule has 3 heterocycles. The van der Waals surface area contributed by atoms with Crippen molar-refractivity contribution in [1.29, 1.82) is 5.26 Å². The number of amides is 1. The molecule has 4 aromatic rings. The van der Waals surface area contributed by atoms with E-state index in [4.69, 9.17) is 19.7 Å². The molecule has 0 bridgehead atoms. The summed E-state index contributed by atoms with van der Waals surface area (Å²) in [5.41, 5.74) is 2.23. The van der Waals surface area contributed by atoms with Gasteiger partial charge >= 0.3 is 5.97 Å². The van der Waals surface area contributed by atoms with Crippen LogP contribution in [0.4, 0.5) is 4.39 Å². The van der Waals surface area contributed by atoms with Gasteiger partial charge in [-0.1, -0.05) is 6.07 Å². The number of nitrogens with one attached hydrogen (secondary N) is 1. The number of carboxylic acid groups (broad SMARTS) is 1. The third kappa shape index (κ3) is 5.68. The van der Waals surface area contributed by atoms with Gasteiger partial charge in [0.05, 0.1) is 40.3 Å². The van der Waals surface area contributed by atoms with Crippen LogP contribution in [0.1, 0.15) is 44.4 Å². The number of H-pyrrole nitrogens is 1. The van der Waals surface area contributed by atoms with E-state index in [2.05, 4.69) is 9.88 Å². The second-order valence-corrected chi connectivity index (χ2v) is 10.4. The molecule has 2 fully saturated rings. The van der Waals surface area contributed by atoms with E-state index >= 15 is 0 Å². The molecular formula is C31H28FN5O5. The van der Waals surface area contributed by atoms with Crippen LogP contribution in [-0.2, 0) is 4.74 Å². The Morgan fingerprint density at radius 2 is 1.93 bits per heavy atom. The van der Waals surface area contributed by atoms with Crippen LogP contribution in [0.15, 0.2) is 60.7 Å². The summed E-state index contributed by atoms with van der Waals surface area (Å²) in [6, 6.07) is 17.3. The Hall–Kier alpha value is -4.79. The summed E-state index contributed by atoms with van der Waals surface area (Å²) < 4.78 is 25.8. The Morgan fingerprint density at radius 3 is 2.62 bits per heavy atom. The molecule has 1 amide bonds. The number of carboxylic acids is 1. The van der Waals surface area contributed by atoms with E-state index in [9.17, 15) is 19.1 Å². The van der Waals surface area contributed by atoms with E-state index < -0.39 is 11.8 Å². The van der Waals surface area contributed by atoms with Crippen LogP contribution in [0.5, 0.6) is 11.5 Å². The zero-order chi connectivity index (χ0) is 29.2. The lowest BCUT2D eigenvalue weighted by atomic mass is 9.94. The molecule has 3 aromatic carbocycles. The molecule has 0 radical (unpaired) electrons. The molecule has 6 rings (SSSR count). The SMILES string of the molecule is N#Cc1ccc(Oc2cccc(C(=O)N3CCN(C[C@@H](c4nc5ccc(C(=O)O)cc5[nH]4)[C@H]4CCO4)CC3)c2)c(F)c1. The van der Waals surface area contributed by atoms with Gasteiger partial charge in [0, 0.05) is 44.9 Å². The molecule has 2 saturated heterocycles. The normalized spacial score (nSPS) is 17.8. The number of halogens is 1.